The quantitative estimate of drug-likeness (QED) is 0.845. The van der Waals surface area contributed by atoms with E-state index in [0.717, 1.165) is 34.7 Å². The van der Waals surface area contributed by atoms with Gasteiger partial charge in [-0.1, -0.05) is 0 Å². The Morgan fingerprint density at radius 1 is 1.26 bits per heavy atom. The Labute approximate surface area is 141 Å². The molecule has 0 aliphatic carbocycles. The Kier molecular flexibility index (Phi) is 4.33. The zero-order chi connectivity index (χ0) is 16.8. The maximum atomic E-state index is 11.7. The lowest BCUT2D eigenvalue weighted by Crippen LogP contribution is -2.45. The first-order valence-corrected chi connectivity index (χ1v) is 10.4. The van der Waals surface area contributed by atoms with Gasteiger partial charge in [0.15, 0.2) is 0 Å². The summed E-state index contributed by atoms with van der Waals surface area (Å²) in [5.74, 6) is 1.74. The molecule has 2 aromatic rings. The van der Waals surface area contributed by atoms with Crippen LogP contribution in [0.1, 0.15) is 24.2 Å². The number of sulfonamides is 1. The van der Waals surface area contributed by atoms with Gasteiger partial charge in [0, 0.05) is 26.2 Å². The highest BCUT2D eigenvalue weighted by molar-refractivity contribution is 7.88. The summed E-state index contributed by atoms with van der Waals surface area (Å²) in [7, 11) is -1.03. The molecule has 0 aromatic carbocycles. The summed E-state index contributed by atoms with van der Waals surface area (Å²) in [4.78, 5) is 12.4. The Morgan fingerprint density at radius 3 is 2.52 bits per heavy atom. The summed E-state index contributed by atoms with van der Waals surface area (Å²) in [6, 6.07) is 0.296. The van der Waals surface area contributed by atoms with Crippen molar-refractivity contribution in [3.8, 4) is 0 Å². The molecule has 0 atom stereocenters. The van der Waals surface area contributed by atoms with Gasteiger partial charge < -0.3 is 4.90 Å². The summed E-state index contributed by atoms with van der Waals surface area (Å²) in [5.41, 5.74) is 1.19. The molecule has 3 rings (SSSR count). The average molecular weight is 355 g/mol. The first kappa shape index (κ1) is 16.6. The molecule has 126 valence electrons. The summed E-state index contributed by atoms with van der Waals surface area (Å²) in [5, 5.41) is 3.23. The average Bonchev–Trinajstić information content (AvgIpc) is 2.86. The fraction of sp³-hybridized carbons (Fsp3) is 0.600. The molecule has 3 heterocycles. The van der Waals surface area contributed by atoms with Crippen molar-refractivity contribution in [2.75, 3.05) is 31.3 Å². The number of fused-ring (bicyclic) bond motifs is 1. The van der Waals surface area contributed by atoms with Crippen LogP contribution in [0.2, 0.25) is 0 Å². The van der Waals surface area contributed by atoms with E-state index in [1.807, 2.05) is 6.92 Å². The molecule has 6 nitrogen and oxygen atoms in total. The van der Waals surface area contributed by atoms with Crippen molar-refractivity contribution in [1.82, 2.24) is 14.3 Å². The molecule has 8 heteroatoms. The van der Waals surface area contributed by atoms with E-state index >= 15 is 0 Å². The van der Waals surface area contributed by atoms with E-state index in [4.69, 9.17) is 0 Å². The van der Waals surface area contributed by atoms with Crippen LogP contribution >= 0.6 is 11.3 Å². The van der Waals surface area contributed by atoms with Crippen LogP contribution in [0.25, 0.3) is 10.2 Å². The van der Waals surface area contributed by atoms with E-state index in [2.05, 4.69) is 34.2 Å². The fourth-order valence-corrected chi connectivity index (χ4v) is 4.99. The molecule has 0 unspecified atom stereocenters. The van der Waals surface area contributed by atoms with Gasteiger partial charge in [0.25, 0.3) is 0 Å². The van der Waals surface area contributed by atoms with Crippen molar-refractivity contribution < 1.29 is 8.42 Å². The highest BCUT2D eigenvalue weighted by Crippen LogP contribution is 2.33. The van der Waals surface area contributed by atoms with Crippen LogP contribution in [-0.2, 0) is 10.0 Å². The number of aromatic nitrogens is 2. The maximum absolute atomic E-state index is 11.7. The van der Waals surface area contributed by atoms with Crippen molar-refractivity contribution >= 4 is 37.4 Å². The highest BCUT2D eigenvalue weighted by atomic mass is 32.2. The van der Waals surface area contributed by atoms with Gasteiger partial charge in [0.1, 0.15) is 16.5 Å². The molecule has 0 saturated carbocycles. The second kappa shape index (κ2) is 5.99. The van der Waals surface area contributed by atoms with Crippen LogP contribution in [0.15, 0.2) is 5.38 Å². The number of piperidine rings is 1. The number of aryl methyl sites for hydroxylation is 2. The van der Waals surface area contributed by atoms with Crippen molar-refractivity contribution in [3.63, 3.8) is 0 Å². The normalized spacial score (nSPS) is 17.7. The summed E-state index contributed by atoms with van der Waals surface area (Å²) < 4.78 is 24.9. The van der Waals surface area contributed by atoms with Crippen molar-refractivity contribution in [1.29, 1.82) is 0 Å². The Bertz CT molecular complexity index is 823. The van der Waals surface area contributed by atoms with E-state index in [-0.39, 0.29) is 0 Å². The lowest BCUT2D eigenvalue weighted by Gasteiger charge is -2.36. The zero-order valence-corrected chi connectivity index (χ0v) is 15.5. The third-order valence-corrected chi connectivity index (χ3v) is 6.78. The summed E-state index contributed by atoms with van der Waals surface area (Å²) in [6.07, 6.45) is 2.91. The number of thiophene rings is 1. The lowest BCUT2D eigenvalue weighted by molar-refractivity contribution is 0.316. The topological polar surface area (TPSA) is 66.4 Å². The molecule has 1 saturated heterocycles. The molecule has 1 fully saturated rings. The van der Waals surface area contributed by atoms with Gasteiger partial charge in [-0.25, -0.2) is 22.7 Å². The molecule has 0 radical (unpaired) electrons. The number of hydrogen-bond donors (Lipinski definition) is 0. The van der Waals surface area contributed by atoms with Crippen LogP contribution < -0.4 is 4.90 Å². The predicted octanol–water partition coefficient (Wildman–Crippen LogP) is 2.17. The van der Waals surface area contributed by atoms with E-state index < -0.39 is 10.0 Å². The first-order chi connectivity index (χ1) is 10.8. The van der Waals surface area contributed by atoms with Crippen LogP contribution in [0, 0.1) is 13.8 Å². The molecule has 23 heavy (non-hydrogen) atoms. The van der Waals surface area contributed by atoms with Crippen LogP contribution in [-0.4, -0.2) is 55.1 Å². The minimum Gasteiger partial charge on any atom is -0.356 e. The Hall–Kier alpha value is -1.25. The maximum Gasteiger partial charge on any atom is 0.211 e. The number of nitrogens with zero attached hydrogens (tertiary/aromatic N) is 4. The van der Waals surface area contributed by atoms with Gasteiger partial charge in [0.2, 0.25) is 10.0 Å². The molecule has 0 bridgehead atoms. The smallest absolute Gasteiger partial charge is 0.211 e. The summed E-state index contributed by atoms with van der Waals surface area (Å²) >= 11 is 1.64. The monoisotopic (exact) mass is 354 g/mol. The Balaban J connectivity index is 1.87. The molecule has 0 spiro atoms. The molecular weight excluding hydrogens is 332 g/mol. The van der Waals surface area contributed by atoms with Gasteiger partial charge in [-0.3, -0.25) is 0 Å². The SMILES string of the molecule is Cc1nc(N(C)C2CCN(S(C)(=O)=O)CC2)c2c(C)csc2n1. The number of anilines is 1. The third kappa shape index (κ3) is 3.20. The molecule has 0 N–H and O–H groups in total. The van der Waals surface area contributed by atoms with E-state index in [1.54, 1.807) is 15.6 Å². The van der Waals surface area contributed by atoms with Gasteiger partial charge >= 0.3 is 0 Å². The minimum atomic E-state index is -3.09. The van der Waals surface area contributed by atoms with Crippen LogP contribution in [0.3, 0.4) is 0 Å². The largest absolute Gasteiger partial charge is 0.356 e. The van der Waals surface area contributed by atoms with Crippen LogP contribution in [0.5, 0.6) is 0 Å². The third-order valence-electron chi connectivity index (χ3n) is 4.48. The van der Waals surface area contributed by atoms with Crippen molar-refractivity contribution in [2.45, 2.75) is 32.7 Å². The fourth-order valence-electron chi connectivity index (χ4n) is 3.16. The second-order valence-electron chi connectivity index (χ2n) is 6.20. The van der Waals surface area contributed by atoms with E-state index in [1.165, 1.54) is 11.8 Å². The molecule has 2 aromatic heterocycles. The van der Waals surface area contributed by atoms with Crippen molar-refractivity contribution in [3.05, 3.63) is 16.8 Å². The highest BCUT2D eigenvalue weighted by Gasteiger charge is 2.28. The predicted molar refractivity (Wildman–Crippen MR) is 94.7 cm³/mol. The van der Waals surface area contributed by atoms with Crippen molar-refractivity contribution in [2.24, 2.45) is 0 Å². The first-order valence-electron chi connectivity index (χ1n) is 7.68. The van der Waals surface area contributed by atoms with Gasteiger partial charge in [-0.2, -0.15) is 0 Å². The van der Waals surface area contributed by atoms with Gasteiger partial charge in [0.05, 0.1) is 11.6 Å². The lowest BCUT2D eigenvalue weighted by atomic mass is 10.0. The second-order valence-corrected chi connectivity index (χ2v) is 9.04. The Morgan fingerprint density at radius 2 is 1.91 bits per heavy atom. The standard InChI is InChI=1S/C15H22N4O2S2/c1-10-9-22-15-13(10)14(16-11(2)17-15)18(3)12-5-7-19(8-6-12)23(4,20)21/h9,12H,5-8H2,1-4H3. The zero-order valence-electron chi connectivity index (χ0n) is 13.9. The molecule has 0 amide bonds. The number of hydrogen-bond acceptors (Lipinski definition) is 6. The van der Waals surface area contributed by atoms with Gasteiger partial charge in [-0.15, -0.1) is 11.3 Å². The number of rotatable bonds is 3. The molecule has 1 aliphatic rings. The van der Waals surface area contributed by atoms with Crippen LogP contribution in [0.4, 0.5) is 5.82 Å². The molecule has 1 aliphatic heterocycles. The molecular formula is C15H22N4O2S2. The van der Waals surface area contributed by atoms with E-state index in [9.17, 15) is 8.42 Å². The minimum absolute atomic E-state index is 0.296. The summed E-state index contributed by atoms with van der Waals surface area (Å²) in [6.45, 7) is 5.15. The van der Waals surface area contributed by atoms with Gasteiger partial charge in [-0.05, 0) is 37.6 Å². The van der Waals surface area contributed by atoms with E-state index in [0.29, 0.717) is 19.1 Å².